The van der Waals surface area contributed by atoms with E-state index in [1.807, 2.05) is 60.4 Å². The fourth-order valence-electron chi connectivity index (χ4n) is 7.58. The van der Waals surface area contributed by atoms with Gasteiger partial charge in [-0.05, 0) is 78.3 Å². The van der Waals surface area contributed by atoms with Gasteiger partial charge in [0.25, 0.3) is 0 Å². The molecule has 0 bridgehead atoms. The molecule has 0 spiro atoms. The summed E-state index contributed by atoms with van der Waals surface area (Å²) >= 11 is 0. The number of rotatable bonds is 8. The molecule has 5 rings (SSSR count). The molecule has 1 saturated heterocycles. The van der Waals surface area contributed by atoms with Crippen LogP contribution in [0.2, 0.25) is 0 Å². The molecule has 1 aliphatic heterocycles. The highest BCUT2D eigenvalue weighted by atomic mass is 16.2. The van der Waals surface area contributed by atoms with Crippen LogP contribution in [0.1, 0.15) is 37.8 Å². The first-order valence-electron chi connectivity index (χ1n) is 14.4. The molecule has 8 unspecified atom stereocenters. The van der Waals surface area contributed by atoms with E-state index < -0.39 is 0 Å². The summed E-state index contributed by atoms with van der Waals surface area (Å²) in [5.74, 6) is 0.444. The normalized spacial score (nSPS) is 31.2. The Balaban J connectivity index is 1.25. The summed E-state index contributed by atoms with van der Waals surface area (Å²) in [6, 6.07) is 16.2. The third kappa shape index (κ3) is 4.66. The van der Waals surface area contributed by atoms with Crippen LogP contribution in [0.4, 0.5) is 11.4 Å². The average Bonchev–Trinajstić information content (AvgIpc) is 3.57. The van der Waals surface area contributed by atoms with Crippen molar-refractivity contribution >= 4 is 29.5 Å². The molecular formula is C35H40N2O3. The van der Waals surface area contributed by atoms with Crippen LogP contribution in [0.5, 0.6) is 0 Å². The van der Waals surface area contributed by atoms with Crippen molar-refractivity contribution in [1.82, 2.24) is 0 Å². The third-order valence-electron chi connectivity index (χ3n) is 9.75. The minimum absolute atomic E-state index is 0.0108. The van der Waals surface area contributed by atoms with E-state index in [1.165, 1.54) is 0 Å². The van der Waals surface area contributed by atoms with Gasteiger partial charge in [0, 0.05) is 36.0 Å². The number of amides is 2. The Bertz CT molecular complexity index is 1330. The molecule has 0 radical (unpaired) electrons. The van der Waals surface area contributed by atoms with Crippen LogP contribution >= 0.6 is 0 Å². The summed E-state index contributed by atoms with van der Waals surface area (Å²) in [5, 5.41) is 0. The van der Waals surface area contributed by atoms with Gasteiger partial charge in [0.05, 0.1) is 11.8 Å². The van der Waals surface area contributed by atoms with Gasteiger partial charge in [-0.1, -0.05) is 56.8 Å². The van der Waals surface area contributed by atoms with E-state index in [0.29, 0.717) is 11.8 Å². The van der Waals surface area contributed by atoms with Crippen molar-refractivity contribution in [3.8, 4) is 0 Å². The summed E-state index contributed by atoms with van der Waals surface area (Å²) in [6.07, 6.45) is 7.27. The first-order chi connectivity index (χ1) is 19.2. The number of anilines is 2. The number of carbonyl (C=O) groups is 3. The van der Waals surface area contributed by atoms with Crippen molar-refractivity contribution in [2.75, 3.05) is 16.8 Å². The Hall–Kier alpha value is -3.73. The quantitative estimate of drug-likeness (QED) is 0.288. The Morgan fingerprint density at radius 3 is 2.08 bits per heavy atom. The van der Waals surface area contributed by atoms with Gasteiger partial charge in [0.2, 0.25) is 11.8 Å². The molecule has 2 aliphatic carbocycles. The summed E-state index contributed by atoms with van der Waals surface area (Å²) in [6.45, 7) is 16.4. The fraction of sp³-hybridized carbons (Fsp3) is 0.400. The average molecular weight is 537 g/mol. The summed E-state index contributed by atoms with van der Waals surface area (Å²) in [4.78, 5) is 42.0. The number of hydrogen-bond acceptors (Lipinski definition) is 3. The highest BCUT2D eigenvalue weighted by Gasteiger charge is 2.53. The molecule has 2 amide bonds. The number of nitrogens with zero attached hydrogens (tertiary/aromatic N) is 2. The maximum atomic E-state index is 13.4. The van der Waals surface area contributed by atoms with Crippen LogP contribution < -0.4 is 9.80 Å². The second-order valence-electron chi connectivity index (χ2n) is 12.1. The number of benzene rings is 2. The van der Waals surface area contributed by atoms with Crippen molar-refractivity contribution in [1.29, 1.82) is 0 Å². The second-order valence-corrected chi connectivity index (χ2v) is 12.1. The number of carbonyl (C=O) groups excluding carboxylic acids is 3. The van der Waals surface area contributed by atoms with Crippen molar-refractivity contribution in [2.24, 2.45) is 47.3 Å². The highest BCUT2D eigenvalue weighted by Crippen LogP contribution is 2.52. The largest absolute Gasteiger partial charge is 0.315 e. The van der Waals surface area contributed by atoms with Gasteiger partial charge in [-0.15, -0.1) is 13.2 Å². The van der Waals surface area contributed by atoms with Crippen LogP contribution in [0.25, 0.3) is 0 Å². The fourth-order valence-corrected chi connectivity index (χ4v) is 7.58. The van der Waals surface area contributed by atoms with E-state index in [4.69, 9.17) is 0 Å². The lowest BCUT2D eigenvalue weighted by molar-refractivity contribution is -0.127. The predicted octanol–water partition coefficient (Wildman–Crippen LogP) is 6.45. The van der Waals surface area contributed by atoms with Crippen molar-refractivity contribution in [3.63, 3.8) is 0 Å². The standard InChI is InChI=1S/C35H40N2O3/c1-7-26-17-21(3)31(30(26)20-38)34(39)36(6)28-13-9-24(10-14-28)19-25-11-15-29(16-12-25)37-23(5)33-27(8-2)18-22(4)32(33)35(37)40/h7-16,20-22,26-27,30-33H,1-2,5,17-19H2,3-4,6H3. The molecule has 0 aromatic heterocycles. The van der Waals surface area contributed by atoms with E-state index >= 15 is 0 Å². The van der Waals surface area contributed by atoms with E-state index in [1.54, 1.807) is 11.9 Å². The van der Waals surface area contributed by atoms with E-state index in [-0.39, 0.29) is 47.3 Å². The van der Waals surface area contributed by atoms with Crippen molar-refractivity contribution in [3.05, 3.63) is 97.2 Å². The number of hydrogen-bond donors (Lipinski definition) is 0. The van der Waals surface area contributed by atoms with Crippen LogP contribution in [0.3, 0.4) is 0 Å². The van der Waals surface area contributed by atoms with Gasteiger partial charge >= 0.3 is 0 Å². The zero-order valence-electron chi connectivity index (χ0n) is 23.8. The Morgan fingerprint density at radius 1 is 0.925 bits per heavy atom. The first kappa shape index (κ1) is 27.8. The molecule has 1 heterocycles. The lowest BCUT2D eigenvalue weighted by Gasteiger charge is -2.26. The topological polar surface area (TPSA) is 57.7 Å². The molecular weight excluding hydrogens is 496 g/mol. The summed E-state index contributed by atoms with van der Waals surface area (Å²) in [7, 11) is 1.78. The molecule has 2 aromatic rings. The number of aldehydes is 1. The molecule has 8 atom stereocenters. The maximum absolute atomic E-state index is 13.4. The van der Waals surface area contributed by atoms with Gasteiger partial charge in [0.15, 0.2) is 0 Å². The Morgan fingerprint density at radius 2 is 1.50 bits per heavy atom. The van der Waals surface area contributed by atoms with Crippen LogP contribution in [-0.2, 0) is 20.8 Å². The first-order valence-corrected chi connectivity index (χ1v) is 14.4. The maximum Gasteiger partial charge on any atom is 0.235 e. The van der Waals surface area contributed by atoms with Crippen molar-refractivity contribution < 1.29 is 14.4 Å². The zero-order chi connectivity index (χ0) is 28.7. The highest BCUT2D eigenvalue weighted by molar-refractivity contribution is 6.02. The SMILES string of the molecule is C=CC1CC(C)C(C(=O)N(C)c2ccc(Cc3ccc(N4C(=C)C5C(C=C)CC(C)C5C4=O)cc3)cc2)C1C=O. The molecule has 0 N–H and O–H groups in total. The van der Waals surface area contributed by atoms with Gasteiger partial charge in [-0.25, -0.2) is 0 Å². The van der Waals surface area contributed by atoms with Crippen LogP contribution in [0, 0.1) is 47.3 Å². The van der Waals surface area contributed by atoms with Gasteiger partial charge in [-0.3, -0.25) is 14.5 Å². The third-order valence-corrected chi connectivity index (χ3v) is 9.75. The smallest absolute Gasteiger partial charge is 0.235 e. The lowest BCUT2D eigenvalue weighted by atomic mass is 9.87. The molecule has 2 aromatic carbocycles. The molecule has 3 aliphatic rings. The Labute approximate surface area is 238 Å². The minimum Gasteiger partial charge on any atom is -0.315 e. The number of allylic oxidation sites excluding steroid dienone is 3. The van der Waals surface area contributed by atoms with E-state index in [2.05, 4.69) is 38.8 Å². The molecule has 208 valence electrons. The predicted molar refractivity (Wildman–Crippen MR) is 161 cm³/mol. The van der Waals surface area contributed by atoms with Crippen LogP contribution in [0.15, 0.2) is 86.1 Å². The van der Waals surface area contributed by atoms with Gasteiger partial charge in [0.1, 0.15) is 6.29 Å². The van der Waals surface area contributed by atoms with Crippen LogP contribution in [-0.4, -0.2) is 25.1 Å². The monoisotopic (exact) mass is 536 g/mol. The van der Waals surface area contributed by atoms with Gasteiger partial charge in [-0.2, -0.15) is 0 Å². The van der Waals surface area contributed by atoms with Crippen molar-refractivity contribution in [2.45, 2.75) is 33.1 Å². The summed E-state index contributed by atoms with van der Waals surface area (Å²) < 4.78 is 0. The molecule has 5 nitrogen and oxygen atoms in total. The summed E-state index contributed by atoms with van der Waals surface area (Å²) in [5.41, 5.74) is 4.83. The molecule has 5 heteroatoms. The molecule has 40 heavy (non-hydrogen) atoms. The minimum atomic E-state index is -0.326. The molecule has 2 saturated carbocycles. The number of fused-ring (bicyclic) bond motifs is 1. The van der Waals surface area contributed by atoms with Gasteiger partial charge < -0.3 is 9.69 Å². The van der Waals surface area contributed by atoms with E-state index in [9.17, 15) is 14.4 Å². The lowest BCUT2D eigenvalue weighted by Crippen LogP contribution is -2.38. The second kappa shape index (κ2) is 11.0. The molecule has 3 fully saturated rings. The zero-order valence-corrected chi connectivity index (χ0v) is 23.8. The Kier molecular flexibility index (Phi) is 7.67. The van der Waals surface area contributed by atoms with E-state index in [0.717, 1.165) is 53.7 Å².